The number of ketones is 1. The molecule has 6 heteroatoms. The number of nitrogens with one attached hydrogen (secondary N) is 1. The fourth-order valence-electron chi connectivity index (χ4n) is 4.73. The van der Waals surface area contributed by atoms with E-state index in [1.807, 2.05) is 30.3 Å². The van der Waals surface area contributed by atoms with Gasteiger partial charge in [0.25, 0.3) is 0 Å². The summed E-state index contributed by atoms with van der Waals surface area (Å²) in [6.45, 7) is 4.15. The van der Waals surface area contributed by atoms with Gasteiger partial charge in [-0.1, -0.05) is 49.0 Å². The molecule has 1 aromatic heterocycles. The first-order valence-electron chi connectivity index (χ1n) is 11.0. The molecule has 0 spiro atoms. The van der Waals surface area contributed by atoms with E-state index in [0.717, 1.165) is 11.3 Å². The molecule has 166 valence electrons. The first-order chi connectivity index (χ1) is 16.0. The molecule has 1 aliphatic heterocycles. The Labute approximate surface area is 190 Å². The molecule has 0 radical (unpaired) electrons. The molecule has 0 fully saturated rings. The van der Waals surface area contributed by atoms with Gasteiger partial charge in [-0.2, -0.15) is 0 Å². The number of hydrogen-bond acceptors (Lipinski definition) is 6. The zero-order valence-electron chi connectivity index (χ0n) is 18.0. The fraction of sp³-hybridized carbons (Fsp3) is 0.222. The van der Waals surface area contributed by atoms with Gasteiger partial charge in [-0.05, 0) is 30.5 Å². The third-order valence-electron chi connectivity index (χ3n) is 6.31. The van der Waals surface area contributed by atoms with Crippen molar-refractivity contribution in [1.82, 2.24) is 5.32 Å². The van der Waals surface area contributed by atoms with Gasteiger partial charge in [0, 0.05) is 34.9 Å². The van der Waals surface area contributed by atoms with Crippen LogP contribution in [0.5, 0.6) is 0 Å². The lowest BCUT2D eigenvalue weighted by molar-refractivity contribution is -0.149. The van der Waals surface area contributed by atoms with E-state index in [1.165, 1.54) is 6.26 Å². The molecule has 33 heavy (non-hydrogen) atoms. The van der Waals surface area contributed by atoms with E-state index in [0.29, 0.717) is 41.5 Å². The number of allylic oxidation sites excluding steroid dienone is 2. The van der Waals surface area contributed by atoms with Gasteiger partial charge in [-0.3, -0.25) is 14.4 Å². The van der Waals surface area contributed by atoms with Gasteiger partial charge in [0.2, 0.25) is 0 Å². The summed E-state index contributed by atoms with van der Waals surface area (Å²) in [6, 6.07) is 16.3. The maximum atomic E-state index is 13.5. The minimum absolute atomic E-state index is 0.0744. The van der Waals surface area contributed by atoms with E-state index in [9.17, 15) is 14.4 Å². The van der Waals surface area contributed by atoms with Crippen molar-refractivity contribution < 1.29 is 18.7 Å². The molecule has 0 saturated heterocycles. The number of hydrogen-bond donors (Lipinski definition) is 1. The van der Waals surface area contributed by atoms with Crippen molar-refractivity contribution in [3.63, 3.8) is 0 Å². The van der Waals surface area contributed by atoms with Crippen molar-refractivity contribution in [2.45, 2.75) is 31.8 Å². The number of ether oxygens (including phenoxy) is 1. The van der Waals surface area contributed by atoms with Crippen LogP contribution in [0.1, 0.15) is 36.3 Å². The smallest absolute Gasteiger partial charge is 0.316 e. The Bertz CT molecular complexity index is 1350. The minimum Gasteiger partial charge on any atom is -0.464 e. The summed E-state index contributed by atoms with van der Waals surface area (Å²) in [5.74, 6) is -2.36. The zero-order chi connectivity index (χ0) is 22.9. The highest BCUT2D eigenvalue weighted by molar-refractivity contribution is 6.00. The largest absolute Gasteiger partial charge is 0.464 e. The summed E-state index contributed by atoms with van der Waals surface area (Å²) in [5, 5.41) is 3.57. The number of carbonyl (C=O) groups excluding carboxylic acids is 2. The van der Waals surface area contributed by atoms with Gasteiger partial charge in [0.15, 0.2) is 11.2 Å². The second-order valence-electron chi connectivity index (χ2n) is 8.38. The predicted molar refractivity (Wildman–Crippen MR) is 123 cm³/mol. The molecule has 2 aliphatic rings. The topological polar surface area (TPSA) is 85.6 Å². The predicted octanol–water partition coefficient (Wildman–Crippen LogP) is 4.36. The highest BCUT2D eigenvalue weighted by atomic mass is 16.5. The third-order valence-corrected chi connectivity index (χ3v) is 6.31. The number of benzene rings is 2. The maximum Gasteiger partial charge on any atom is 0.316 e. The number of rotatable bonds is 4. The Morgan fingerprint density at radius 3 is 2.64 bits per heavy atom. The number of carbonyl (C=O) groups is 2. The Morgan fingerprint density at radius 2 is 1.82 bits per heavy atom. The van der Waals surface area contributed by atoms with E-state index >= 15 is 0 Å². The first-order valence-corrected chi connectivity index (χ1v) is 11.0. The normalized spacial score (nSPS) is 20.4. The molecular weight excluding hydrogens is 418 g/mol. The van der Waals surface area contributed by atoms with Crippen LogP contribution in [-0.4, -0.2) is 11.8 Å². The lowest BCUT2D eigenvalue weighted by Crippen LogP contribution is -2.42. The second kappa shape index (κ2) is 8.54. The fourth-order valence-corrected chi connectivity index (χ4v) is 4.73. The monoisotopic (exact) mass is 441 g/mol. The lowest BCUT2D eigenvalue weighted by Gasteiger charge is -2.37. The average molecular weight is 441 g/mol. The summed E-state index contributed by atoms with van der Waals surface area (Å²) in [6.07, 6.45) is 3.10. The SMILES string of the molecule is C=C1NC2=C(C(=O)CCC2)C(c2coc3ccccc3c2=O)C1C(=O)OCc1ccccc1. The van der Waals surface area contributed by atoms with Crippen molar-refractivity contribution in [3.05, 3.63) is 106 Å². The molecule has 0 saturated carbocycles. The number of fused-ring (bicyclic) bond motifs is 1. The van der Waals surface area contributed by atoms with Crippen molar-refractivity contribution in [2.24, 2.45) is 5.92 Å². The summed E-state index contributed by atoms with van der Waals surface area (Å²) < 4.78 is 11.4. The highest BCUT2D eigenvalue weighted by Crippen LogP contribution is 2.43. The molecule has 0 amide bonds. The third kappa shape index (κ3) is 3.78. The van der Waals surface area contributed by atoms with Gasteiger partial charge in [0.1, 0.15) is 18.1 Å². The van der Waals surface area contributed by atoms with E-state index in [4.69, 9.17) is 9.15 Å². The molecule has 1 aliphatic carbocycles. The van der Waals surface area contributed by atoms with Crippen molar-refractivity contribution in [2.75, 3.05) is 0 Å². The number of para-hydroxylation sites is 1. The minimum atomic E-state index is -0.932. The van der Waals surface area contributed by atoms with Crippen LogP contribution in [0.2, 0.25) is 0 Å². The maximum absolute atomic E-state index is 13.5. The molecule has 1 N–H and O–H groups in total. The van der Waals surface area contributed by atoms with Gasteiger partial charge in [-0.25, -0.2) is 0 Å². The van der Waals surface area contributed by atoms with Gasteiger partial charge < -0.3 is 14.5 Å². The average Bonchev–Trinajstić information content (AvgIpc) is 2.83. The number of esters is 1. The second-order valence-corrected chi connectivity index (χ2v) is 8.38. The van der Waals surface area contributed by atoms with Gasteiger partial charge in [0.05, 0.1) is 11.6 Å². The summed E-state index contributed by atoms with van der Waals surface area (Å²) >= 11 is 0. The van der Waals surface area contributed by atoms with Crippen LogP contribution in [0, 0.1) is 5.92 Å². The zero-order valence-corrected chi connectivity index (χ0v) is 18.0. The van der Waals surface area contributed by atoms with Crippen LogP contribution < -0.4 is 10.7 Å². The molecule has 6 nitrogen and oxygen atoms in total. The van der Waals surface area contributed by atoms with Crippen LogP contribution in [0.25, 0.3) is 11.0 Å². The molecule has 5 rings (SSSR count). The molecule has 2 aromatic carbocycles. The van der Waals surface area contributed by atoms with Crippen LogP contribution in [0.3, 0.4) is 0 Å². The Kier molecular flexibility index (Phi) is 5.42. The lowest BCUT2D eigenvalue weighted by atomic mass is 9.71. The van der Waals surface area contributed by atoms with Crippen LogP contribution >= 0.6 is 0 Å². The van der Waals surface area contributed by atoms with E-state index in [-0.39, 0.29) is 23.4 Å². The molecule has 2 unspecified atom stereocenters. The van der Waals surface area contributed by atoms with E-state index < -0.39 is 17.8 Å². The molecule has 2 heterocycles. The standard InChI is InChI=1S/C27H23NO5/c1-16-23(27(31)33-14-17-8-3-2-4-9-17)24(25-20(28-16)11-7-12-21(25)29)19-15-32-22-13-6-5-10-18(22)26(19)30/h2-6,8-10,13,15,23-24,28H,1,7,11-12,14H2. The van der Waals surface area contributed by atoms with Crippen LogP contribution in [0.4, 0.5) is 0 Å². The van der Waals surface area contributed by atoms with Gasteiger partial charge in [-0.15, -0.1) is 0 Å². The molecule has 2 atom stereocenters. The van der Waals surface area contributed by atoms with Crippen LogP contribution in [-0.2, 0) is 20.9 Å². The van der Waals surface area contributed by atoms with E-state index in [1.54, 1.807) is 24.3 Å². The van der Waals surface area contributed by atoms with Crippen molar-refractivity contribution >= 4 is 22.7 Å². The summed E-state index contributed by atoms with van der Waals surface area (Å²) in [4.78, 5) is 39.8. The number of Topliss-reactive ketones (excluding diaryl/α,β-unsaturated/α-hetero) is 1. The summed E-state index contributed by atoms with van der Waals surface area (Å²) in [5.41, 5.74) is 2.89. The molecule has 3 aromatic rings. The Balaban J connectivity index is 1.60. The van der Waals surface area contributed by atoms with Crippen molar-refractivity contribution in [3.8, 4) is 0 Å². The van der Waals surface area contributed by atoms with E-state index in [2.05, 4.69) is 11.9 Å². The Hall–Kier alpha value is -3.93. The molecular formula is C27H23NO5. The quantitative estimate of drug-likeness (QED) is 0.606. The van der Waals surface area contributed by atoms with Crippen LogP contribution in [0.15, 0.2) is 93.6 Å². The first kappa shape index (κ1) is 20.9. The van der Waals surface area contributed by atoms with Gasteiger partial charge >= 0.3 is 5.97 Å². The Morgan fingerprint density at radius 1 is 1.06 bits per heavy atom. The molecule has 0 bridgehead atoms. The summed E-state index contributed by atoms with van der Waals surface area (Å²) in [7, 11) is 0. The highest BCUT2D eigenvalue weighted by Gasteiger charge is 2.45. The van der Waals surface area contributed by atoms with Crippen molar-refractivity contribution in [1.29, 1.82) is 0 Å².